The fourth-order valence-corrected chi connectivity index (χ4v) is 2.88. The highest BCUT2D eigenvalue weighted by atomic mass is 35.5. The molecule has 104 valence electrons. The lowest BCUT2D eigenvalue weighted by molar-refractivity contribution is -0.0143. The molecule has 3 nitrogen and oxygen atoms in total. The Balaban J connectivity index is 2.18. The molecule has 0 aromatic heterocycles. The molecule has 2 rings (SSSR count). The molecule has 0 radical (unpaired) electrons. The van der Waals surface area contributed by atoms with E-state index in [2.05, 4.69) is 11.8 Å². The SMILES string of the molecule is CC1COCCN1C(C)C(=O)c1ccc(Cl)cc1Cl. The van der Waals surface area contributed by atoms with E-state index in [0.29, 0.717) is 28.8 Å². The second kappa shape index (κ2) is 6.23. The zero-order valence-corrected chi connectivity index (χ0v) is 12.5. The van der Waals surface area contributed by atoms with E-state index in [-0.39, 0.29) is 17.9 Å². The lowest BCUT2D eigenvalue weighted by Crippen LogP contribution is -2.51. The van der Waals surface area contributed by atoms with E-state index in [1.807, 2.05) is 6.92 Å². The maximum absolute atomic E-state index is 12.5. The minimum Gasteiger partial charge on any atom is -0.379 e. The number of ether oxygens (including phenoxy) is 1. The maximum Gasteiger partial charge on any atom is 0.181 e. The van der Waals surface area contributed by atoms with Gasteiger partial charge in [-0.1, -0.05) is 23.2 Å². The van der Waals surface area contributed by atoms with Crippen LogP contribution >= 0.6 is 23.2 Å². The summed E-state index contributed by atoms with van der Waals surface area (Å²) in [6, 6.07) is 5.01. The molecule has 2 unspecified atom stereocenters. The van der Waals surface area contributed by atoms with Crippen molar-refractivity contribution in [3.63, 3.8) is 0 Å². The summed E-state index contributed by atoms with van der Waals surface area (Å²) in [6.07, 6.45) is 0. The monoisotopic (exact) mass is 301 g/mol. The van der Waals surface area contributed by atoms with Crippen LogP contribution in [0.1, 0.15) is 24.2 Å². The zero-order valence-electron chi connectivity index (χ0n) is 11.0. The van der Waals surface area contributed by atoms with Crippen LogP contribution in [0.2, 0.25) is 10.0 Å². The van der Waals surface area contributed by atoms with Crippen molar-refractivity contribution < 1.29 is 9.53 Å². The highest BCUT2D eigenvalue weighted by Gasteiger charge is 2.29. The van der Waals surface area contributed by atoms with Crippen molar-refractivity contribution in [1.29, 1.82) is 0 Å². The van der Waals surface area contributed by atoms with Crippen molar-refractivity contribution in [3.8, 4) is 0 Å². The van der Waals surface area contributed by atoms with Gasteiger partial charge in [-0.05, 0) is 32.0 Å². The number of Topliss-reactive ketones (excluding diaryl/α,β-unsaturated/α-hetero) is 1. The van der Waals surface area contributed by atoms with Gasteiger partial charge >= 0.3 is 0 Å². The van der Waals surface area contributed by atoms with Crippen molar-refractivity contribution in [2.24, 2.45) is 0 Å². The number of rotatable bonds is 3. The first-order valence-electron chi connectivity index (χ1n) is 6.33. The summed E-state index contributed by atoms with van der Waals surface area (Å²) in [5.41, 5.74) is 0.525. The molecule has 5 heteroatoms. The minimum atomic E-state index is -0.211. The van der Waals surface area contributed by atoms with E-state index in [9.17, 15) is 4.79 Å². The summed E-state index contributed by atoms with van der Waals surface area (Å²) in [7, 11) is 0. The molecule has 0 N–H and O–H groups in total. The van der Waals surface area contributed by atoms with E-state index in [4.69, 9.17) is 27.9 Å². The molecule has 2 atom stereocenters. The molecular weight excluding hydrogens is 285 g/mol. The number of ketones is 1. The first kappa shape index (κ1) is 14.8. The molecule has 0 saturated carbocycles. The Morgan fingerprint density at radius 3 is 2.84 bits per heavy atom. The average Bonchev–Trinajstić information content (AvgIpc) is 2.38. The van der Waals surface area contributed by atoms with Crippen LogP contribution in [0, 0.1) is 0 Å². The molecule has 19 heavy (non-hydrogen) atoms. The van der Waals surface area contributed by atoms with Gasteiger partial charge in [-0.2, -0.15) is 0 Å². The smallest absolute Gasteiger partial charge is 0.181 e. The van der Waals surface area contributed by atoms with Crippen LogP contribution in [0.5, 0.6) is 0 Å². The van der Waals surface area contributed by atoms with Gasteiger partial charge in [0.1, 0.15) is 0 Å². The van der Waals surface area contributed by atoms with Gasteiger partial charge in [0, 0.05) is 23.2 Å². The van der Waals surface area contributed by atoms with Crippen LogP contribution in [0.15, 0.2) is 18.2 Å². The first-order chi connectivity index (χ1) is 9.00. The summed E-state index contributed by atoms with van der Waals surface area (Å²) in [4.78, 5) is 14.7. The topological polar surface area (TPSA) is 29.5 Å². The Hall–Kier alpha value is -0.610. The molecule has 1 heterocycles. The summed E-state index contributed by atoms with van der Waals surface area (Å²) in [6.45, 7) is 6.06. The number of hydrogen-bond donors (Lipinski definition) is 0. The third kappa shape index (κ3) is 3.29. The number of morpholine rings is 1. The van der Waals surface area contributed by atoms with Gasteiger partial charge in [0.25, 0.3) is 0 Å². The largest absolute Gasteiger partial charge is 0.379 e. The summed E-state index contributed by atoms with van der Waals surface area (Å²) in [5.74, 6) is 0.0235. The predicted octanol–water partition coefficient (Wildman–Crippen LogP) is 3.29. The number of carbonyl (C=O) groups is 1. The van der Waals surface area contributed by atoms with Gasteiger partial charge in [-0.25, -0.2) is 0 Å². The van der Waals surface area contributed by atoms with Crippen LogP contribution in [-0.2, 0) is 4.74 Å². The van der Waals surface area contributed by atoms with Crippen molar-refractivity contribution in [1.82, 2.24) is 4.90 Å². The van der Waals surface area contributed by atoms with Crippen LogP contribution in [0.25, 0.3) is 0 Å². The number of carbonyl (C=O) groups excluding carboxylic acids is 1. The number of benzene rings is 1. The number of nitrogens with zero attached hydrogens (tertiary/aromatic N) is 1. The fraction of sp³-hybridized carbons (Fsp3) is 0.500. The Morgan fingerprint density at radius 1 is 1.47 bits per heavy atom. The first-order valence-corrected chi connectivity index (χ1v) is 7.09. The molecular formula is C14H17Cl2NO2. The van der Waals surface area contributed by atoms with E-state index in [1.165, 1.54) is 0 Å². The summed E-state index contributed by atoms with van der Waals surface area (Å²) in [5, 5.41) is 0.944. The van der Waals surface area contributed by atoms with Crippen molar-refractivity contribution >= 4 is 29.0 Å². The normalized spacial score (nSPS) is 22.2. The second-order valence-corrected chi connectivity index (χ2v) is 5.67. The fourth-order valence-electron chi connectivity index (χ4n) is 2.38. The van der Waals surface area contributed by atoms with Crippen LogP contribution in [0.4, 0.5) is 0 Å². The molecule has 1 fully saturated rings. The van der Waals surface area contributed by atoms with Crippen molar-refractivity contribution in [2.45, 2.75) is 25.9 Å². The lowest BCUT2D eigenvalue weighted by atomic mass is 10.0. The highest BCUT2D eigenvalue weighted by Crippen LogP contribution is 2.24. The Morgan fingerprint density at radius 2 is 2.21 bits per heavy atom. The highest BCUT2D eigenvalue weighted by molar-refractivity contribution is 6.37. The van der Waals surface area contributed by atoms with Gasteiger partial charge in [0.2, 0.25) is 0 Å². The second-order valence-electron chi connectivity index (χ2n) is 4.83. The van der Waals surface area contributed by atoms with Gasteiger partial charge in [-0.3, -0.25) is 9.69 Å². The third-order valence-electron chi connectivity index (χ3n) is 3.49. The van der Waals surface area contributed by atoms with Crippen LogP contribution in [0.3, 0.4) is 0 Å². The Bertz CT molecular complexity index is 479. The van der Waals surface area contributed by atoms with Gasteiger partial charge in [-0.15, -0.1) is 0 Å². The molecule has 0 amide bonds. The maximum atomic E-state index is 12.5. The molecule has 1 aromatic rings. The predicted molar refractivity (Wildman–Crippen MR) is 77.2 cm³/mol. The zero-order chi connectivity index (χ0) is 14.0. The standard InChI is InChI=1S/C14H17Cl2NO2/c1-9-8-19-6-5-17(9)10(2)14(18)12-4-3-11(15)7-13(12)16/h3-4,7,9-10H,5-6,8H2,1-2H3. The Kier molecular flexibility index (Phi) is 4.85. The van der Waals surface area contributed by atoms with Gasteiger partial charge in [0.15, 0.2) is 5.78 Å². The molecule has 1 aromatic carbocycles. The van der Waals surface area contributed by atoms with Crippen LogP contribution < -0.4 is 0 Å². The van der Waals surface area contributed by atoms with Crippen LogP contribution in [-0.4, -0.2) is 42.5 Å². The number of hydrogen-bond acceptors (Lipinski definition) is 3. The van der Waals surface area contributed by atoms with Gasteiger partial charge in [0.05, 0.1) is 24.3 Å². The molecule has 1 aliphatic rings. The van der Waals surface area contributed by atoms with E-state index >= 15 is 0 Å². The van der Waals surface area contributed by atoms with E-state index < -0.39 is 0 Å². The molecule has 0 bridgehead atoms. The molecule has 1 aliphatic heterocycles. The van der Waals surface area contributed by atoms with Crippen molar-refractivity contribution in [3.05, 3.63) is 33.8 Å². The third-order valence-corrected chi connectivity index (χ3v) is 4.04. The molecule has 0 aliphatic carbocycles. The Labute approximate surface area is 123 Å². The summed E-state index contributed by atoms with van der Waals surface area (Å²) >= 11 is 11.9. The summed E-state index contributed by atoms with van der Waals surface area (Å²) < 4.78 is 5.39. The molecule has 1 saturated heterocycles. The minimum absolute atomic E-state index is 0.0235. The van der Waals surface area contributed by atoms with Gasteiger partial charge < -0.3 is 4.74 Å². The molecule has 0 spiro atoms. The number of halogens is 2. The van der Waals surface area contributed by atoms with E-state index in [1.54, 1.807) is 18.2 Å². The lowest BCUT2D eigenvalue weighted by Gasteiger charge is -2.37. The quantitative estimate of drug-likeness (QED) is 0.803. The van der Waals surface area contributed by atoms with E-state index in [0.717, 1.165) is 6.54 Å². The average molecular weight is 302 g/mol. The van der Waals surface area contributed by atoms with Crippen molar-refractivity contribution in [2.75, 3.05) is 19.8 Å².